The number of hydrogen-bond donors (Lipinski definition) is 3. The minimum atomic E-state index is -0.0476. The number of nitrogen functional groups attached to an aromatic ring is 1. The molecule has 0 bridgehead atoms. The Balaban J connectivity index is 2.58. The van der Waals surface area contributed by atoms with E-state index in [0.29, 0.717) is 11.6 Å². The molecule has 0 aromatic carbocycles. The van der Waals surface area contributed by atoms with Gasteiger partial charge in [0.05, 0.1) is 24.7 Å². The van der Waals surface area contributed by atoms with Crippen LogP contribution in [0.1, 0.15) is 6.92 Å². The zero-order valence-electron chi connectivity index (χ0n) is 6.86. The predicted molar refractivity (Wildman–Crippen MR) is 46.6 cm³/mol. The van der Waals surface area contributed by atoms with Gasteiger partial charge < -0.3 is 16.2 Å². The van der Waals surface area contributed by atoms with Crippen molar-refractivity contribution in [2.24, 2.45) is 0 Å². The van der Waals surface area contributed by atoms with Crippen LogP contribution in [0.3, 0.4) is 0 Å². The average Bonchev–Trinajstić information content (AvgIpc) is 2.09. The standard InChI is InChI=1S/C7H12N4O/c1-5(4-12)11-7-9-2-6(8)3-10-7/h2-3,5,12H,4,8H2,1H3,(H,9,10,11)/t5-/m1/s1. The van der Waals surface area contributed by atoms with Crippen LogP contribution in [0.5, 0.6) is 0 Å². The molecule has 66 valence electrons. The molecule has 0 spiro atoms. The summed E-state index contributed by atoms with van der Waals surface area (Å²) in [6.07, 6.45) is 3.03. The molecule has 1 aromatic heterocycles. The highest BCUT2D eigenvalue weighted by Crippen LogP contribution is 2.01. The van der Waals surface area contributed by atoms with Crippen LogP contribution in [0.2, 0.25) is 0 Å². The smallest absolute Gasteiger partial charge is 0.223 e. The van der Waals surface area contributed by atoms with Gasteiger partial charge in [-0.15, -0.1) is 0 Å². The van der Waals surface area contributed by atoms with E-state index in [1.807, 2.05) is 6.92 Å². The van der Waals surface area contributed by atoms with Gasteiger partial charge in [0.1, 0.15) is 0 Å². The second kappa shape index (κ2) is 3.87. The van der Waals surface area contributed by atoms with Gasteiger partial charge in [-0.25, -0.2) is 9.97 Å². The lowest BCUT2D eigenvalue weighted by molar-refractivity contribution is 0.281. The van der Waals surface area contributed by atoms with E-state index in [-0.39, 0.29) is 12.6 Å². The van der Waals surface area contributed by atoms with Crippen molar-refractivity contribution in [3.8, 4) is 0 Å². The van der Waals surface area contributed by atoms with E-state index < -0.39 is 0 Å². The van der Waals surface area contributed by atoms with Crippen LogP contribution >= 0.6 is 0 Å². The maximum atomic E-state index is 8.71. The van der Waals surface area contributed by atoms with Crippen molar-refractivity contribution >= 4 is 11.6 Å². The molecule has 4 N–H and O–H groups in total. The summed E-state index contributed by atoms with van der Waals surface area (Å²) >= 11 is 0. The van der Waals surface area contributed by atoms with Gasteiger partial charge in [-0.3, -0.25) is 0 Å². The first-order valence-corrected chi connectivity index (χ1v) is 3.67. The normalized spacial score (nSPS) is 12.5. The first kappa shape index (κ1) is 8.73. The Kier molecular flexibility index (Phi) is 2.82. The van der Waals surface area contributed by atoms with E-state index in [1.165, 1.54) is 12.4 Å². The fourth-order valence-electron chi connectivity index (χ4n) is 0.679. The van der Waals surface area contributed by atoms with E-state index in [2.05, 4.69) is 15.3 Å². The van der Waals surface area contributed by atoms with Crippen molar-refractivity contribution < 1.29 is 5.11 Å². The van der Waals surface area contributed by atoms with Crippen molar-refractivity contribution in [3.63, 3.8) is 0 Å². The second-order valence-electron chi connectivity index (χ2n) is 2.57. The number of nitrogens with one attached hydrogen (secondary N) is 1. The van der Waals surface area contributed by atoms with E-state index in [9.17, 15) is 0 Å². The Morgan fingerprint density at radius 3 is 2.67 bits per heavy atom. The summed E-state index contributed by atoms with van der Waals surface area (Å²) in [6, 6.07) is -0.0476. The SMILES string of the molecule is C[C@H](CO)Nc1ncc(N)cn1. The Hall–Kier alpha value is -1.36. The highest BCUT2D eigenvalue weighted by atomic mass is 16.3. The molecule has 0 saturated heterocycles. The molecular formula is C7H12N4O. The quantitative estimate of drug-likeness (QED) is 0.584. The molecule has 1 aromatic rings. The molecule has 5 nitrogen and oxygen atoms in total. The predicted octanol–water partition coefficient (Wildman–Crippen LogP) is -0.149. The number of rotatable bonds is 3. The molecule has 0 fully saturated rings. The maximum Gasteiger partial charge on any atom is 0.223 e. The molecule has 12 heavy (non-hydrogen) atoms. The molecule has 1 heterocycles. The molecular weight excluding hydrogens is 156 g/mol. The number of nitrogens with zero attached hydrogens (tertiary/aromatic N) is 2. The monoisotopic (exact) mass is 168 g/mol. The van der Waals surface area contributed by atoms with Gasteiger partial charge in [-0.2, -0.15) is 0 Å². The molecule has 0 aliphatic heterocycles. The Bertz CT molecular complexity index is 236. The third-order valence-corrected chi connectivity index (χ3v) is 1.32. The molecule has 5 heteroatoms. The largest absolute Gasteiger partial charge is 0.396 e. The Morgan fingerprint density at radius 2 is 2.17 bits per heavy atom. The van der Waals surface area contributed by atoms with Crippen molar-refractivity contribution in [3.05, 3.63) is 12.4 Å². The Morgan fingerprint density at radius 1 is 1.58 bits per heavy atom. The highest BCUT2D eigenvalue weighted by molar-refractivity contribution is 5.36. The highest BCUT2D eigenvalue weighted by Gasteiger charge is 2.00. The van der Waals surface area contributed by atoms with Crippen LogP contribution in [0.25, 0.3) is 0 Å². The van der Waals surface area contributed by atoms with Crippen LogP contribution in [-0.4, -0.2) is 27.7 Å². The number of hydrogen-bond acceptors (Lipinski definition) is 5. The lowest BCUT2D eigenvalue weighted by Crippen LogP contribution is -2.20. The van der Waals surface area contributed by atoms with Gasteiger partial charge in [0, 0.05) is 6.04 Å². The van der Waals surface area contributed by atoms with Crippen LogP contribution in [-0.2, 0) is 0 Å². The number of aliphatic hydroxyl groups is 1. The lowest BCUT2D eigenvalue weighted by atomic mass is 10.4. The van der Waals surface area contributed by atoms with Crippen molar-refractivity contribution in [2.45, 2.75) is 13.0 Å². The van der Waals surface area contributed by atoms with Gasteiger partial charge in [-0.1, -0.05) is 0 Å². The first-order valence-electron chi connectivity index (χ1n) is 3.67. The van der Waals surface area contributed by atoms with Crippen LogP contribution < -0.4 is 11.1 Å². The molecule has 1 atom stereocenters. The number of anilines is 2. The third-order valence-electron chi connectivity index (χ3n) is 1.32. The lowest BCUT2D eigenvalue weighted by Gasteiger charge is -2.09. The fraction of sp³-hybridized carbons (Fsp3) is 0.429. The zero-order valence-corrected chi connectivity index (χ0v) is 6.86. The minimum absolute atomic E-state index is 0.0476. The summed E-state index contributed by atoms with van der Waals surface area (Å²) in [7, 11) is 0. The van der Waals surface area contributed by atoms with Crippen molar-refractivity contribution in [1.82, 2.24) is 9.97 Å². The summed E-state index contributed by atoms with van der Waals surface area (Å²) in [6.45, 7) is 1.88. The van der Waals surface area contributed by atoms with E-state index in [1.54, 1.807) is 0 Å². The zero-order chi connectivity index (χ0) is 8.97. The minimum Gasteiger partial charge on any atom is -0.396 e. The first-order chi connectivity index (χ1) is 5.72. The van der Waals surface area contributed by atoms with Gasteiger partial charge in [0.15, 0.2) is 0 Å². The van der Waals surface area contributed by atoms with E-state index >= 15 is 0 Å². The van der Waals surface area contributed by atoms with Gasteiger partial charge in [0.25, 0.3) is 0 Å². The molecule has 1 rings (SSSR count). The van der Waals surface area contributed by atoms with Crippen LogP contribution in [0.4, 0.5) is 11.6 Å². The number of nitrogens with two attached hydrogens (primary N) is 1. The topological polar surface area (TPSA) is 84.1 Å². The molecule has 0 aliphatic carbocycles. The van der Waals surface area contributed by atoms with Crippen LogP contribution in [0.15, 0.2) is 12.4 Å². The summed E-state index contributed by atoms with van der Waals surface area (Å²) in [4.78, 5) is 7.82. The Labute approximate surface area is 70.6 Å². The molecule has 0 radical (unpaired) electrons. The molecule has 0 unspecified atom stereocenters. The molecule has 0 aliphatic rings. The van der Waals surface area contributed by atoms with Crippen molar-refractivity contribution in [1.29, 1.82) is 0 Å². The average molecular weight is 168 g/mol. The van der Waals surface area contributed by atoms with E-state index in [0.717, 1.165) is 0 Å². The van der Waals surface area contributed by atoms with Gasteiger partial charge in [-0.05, 0) is 6.92 Å². The molecule has 0 saturated carbocycles. The summed E-state index contributed by atoms with van der Waals surface area (Å²) < 4.78 is 0. The van der Waals surface area contributed by atoms with Gasteiger partial charge >= 0.3 is 0 Å². The number of aliphatic hydroxyl groups excluding tert-OH is 1. The summed E-state index contributed by atoms with van der Waals surface area (Å²) in [5, 5.41) is 11.6. The van der Waals surface area contributed by atoms with Gasteiger partial charge in [0.2, 0.25) is 5.95 Å². The second-order valence-corrected chi connectivity index (χ2v) is 2.57. The maximum absolute atomic E-state index is 8.71. The van der Waals surface area contributed by atoms with Crippen LogP contribution in [0, 0.1) is 0 Å². The number of aromatic nitrogens is 2. The third kappa shape index (κ3) is 2.35. The summed E-state index contributed by atoms with van der Waals surface area (Å²) in [5.74, 6) is 0.478. The summed E-state index contributed by atoms with van der Waals surface area (Å²) in [5.41, 5.74) is 5.91. The van der Waals surface area contributed by atoms with E-state index in [4.69, 9.17) is 10.8 Å². The fourth-order valence-corrected chi connectivity index (χ4v) is 0.679. The van der Waals surface area contributed by atoms with Crippen molar-refractivity contribution in [2.75, 3.05) is 17.7 Å². The molecule has 0 amide bonds.